The van der Waals surface area contributed by atoms with Crippen molar-refractivity contribution in [1.29, 1.82) is 0 Å². The van der Waals surface area contributed by atoms with E-state index in [-0.39, 0.29) is 100 Å². The van der Waals surface area contributed by atoms with Gasteiger partial charge in [-0.15, -0.1) is 12.4 Å². The Kier molecular flexibility index (Phi) is 25.2. The summed E-state index contributed by atoms with van der Waals surface area (Å²) in [5.41, 5.74) is 8.07. The zero-order chi connectivity index (χ0) is 58.2. The van der Waals surface area contributed by atoms with Crippen LogP contribution in [0.4, 0.5) is 8.78 Å². The Morgan fingerprint density at radius 2 is 1.07 bits per heavy atom. The Labute approximate surface area is 502 Å². The molecule has 8 aromatic rings. The number of hydrogen-bond acceptors (Lipinski definition) is 13. The number of Topliss-reactive ketones (excluding diaryl/α,β-unsaturated/α-hetero) is 2. The third-order valence-electron chi connectivity index (χ3n) is 13.7. The van der Waals surface area contributed by atoms with Gasteiger partial charge in [0.15, 0.2) is 11.6 Å². The molecule has 17 nitrogen and oxygen atoms in total. The van der Waals surface area contributed by atoms with Gasteiger partial charge in [0, 0.05) is 136 Å². The van der Waals surface area contributed by atoms with E-state index >= 15 is 0 Å². The number of nitrogens with one attached hydrogen (secondary N) is 3. The van der Waals surface area contributed by atoms with Crippen molar-refractivity contribution in [3.05, 3.63) is 168 Å². The van der Waals surface area contributed by atoms with Gasteiger partial charge in [-0.3, -0.25) is 28.8 Å². The highest BCUT2D eigenvalue weighted by atomic mass is 35.5. The molecule has 2 saturated heterocycles. The summed E-state index contributed by atoms with van der Waals surface area (Å²) < 4.78 is 30.6. The molecule has 0 unspecified atom stereocenters. The number of rotatable bonds is 16. The number of nitrogens with zero attached hydrogens (tertiary/aromatic N) is 7. The summed E-state index contributed by atoms with van der Waals surface area (Å²) in [6, 6.07) is 29.7. The third kappa shape index (κ3) is 17.9. The summed E-state index contributed by atoms with van der Waals surface area (Å²) in [7, 11) is 0. The van der Waals surface area contributed by atoms with E-state index in [1.165, 1.54) is 24.3 Å². The van der Waals surface area contributed by atoms with Gasteiger partial charge in [0.1, 0.15) is 43.1 Å². The van der Waals surface area contributed by atoms with Crippen LogP contribution in [-0.4, -0.2) is 125 Å². The second kappa shape index (κ2) is 31.6. The number of benzene rings is 4. The number of aliphatic carboxylic acids is 1. The van der Waals surface area contributed by atoms with Gasteiger partial charge < -0.3 is 35.1 Å². The van der Waals surface area contributed by atoms with E-state index in [0.717, 1.165) is 45.1 Å². The van der Waals surface area contributed by atoms with Gasteiger partial charge in [0.2, 0.25) is 17.7 Å². The fourth-order valence-corrected chi connectivity index (χ4v) is 9.63. The van der Waals surface area contributed by atoms with Crippen LogP contribution in [0.2, 0.25) is 0 Å². The first kappa shape index (κ1) is 66.0. The Hall–Kier alpha value is -7.76. The minimum absolute atomic E-state index is 0. The fraction of sp³-hybridized carbons (Fsp3) is 0.300. The van der Waals surface area contributed by atoms with Crippen molar-refractivity contribution in [3.63, 3.8) is 0 Å². The minimum Gasteiger partial charge on any atom is -0.480 e. The van der Waals surface area contributed by atoms with Crippen molar-refractivity contribution in [1.82, 2.24) is 49.9 Å². The van der Waals surface area contributed by atoms with Crippen LogP contribution >= 0.6 is 25.9 Å². The molecule has 2 aliphatic heterocycles. The maximum atomic E-state index is 14.4. The Morgan fingerprint density at radius 1 is 0.627 bits per heavy atom. The molecule has 4 aromatic carbocycles. The van der Waals surface area contributed by atoms with Crippen LogP contribution < -0.4 is 16.0 Å². The molecule has 2 aliphatic rings. The normalized spacial score (nSPS) is 15.9. The largest absolute Gasteiger partial charge is 0.480 e. The fourth-order valence-electron chi connectivity index (χ4n) is 9.63. The molecule has 10 rings (SSSR count). The summed E-state index contributed by atoms with van der Waals surface area (Å²) in [4.78, 5) is 91.4. The van der Waals surface area contributed by atoms with E-state index in [0.29, 0.717) is 53.2 Å². The predicted octanol–water partition coefficient (Wildman–Crippen LogP) is 8.18. The quantitative estimate of drug-likeness (QED) is 0.0670. The smallest absolute Gasteiger partial charge is 0.323 e. The second-order valence-corrected chi connectivity index (χ2v) is 19.6. The van der Waals surface area contributed by atoms with E-state index in [9.17, 15) is 37.5 Å². The van der Waals surface area contributed by atoms with Crippen molar-refractivity contribution in [2.45, 2.75) is 90.9 Å². The Balaban J connectivity index is 0.000000243. The van der Waals surface area contributed by atoms with Gasteiger partial charge in [-0.25, -0.2) is 28.7 Å². The van der Waals surface area contributed by atoms with Crippen LogP contribution in [0.5, 0.6) is 0 Å². The van der Waals surface area contributed by atoms with E-state index in [4.69, 9.17) is 5.11 Å². The molecule has 436 valence electrons. The average Bonchev–Trinajstić information content (AvgIpc) is 3.68. The molecule has 83 heavy (non-hydrogen) atoms. The van der Waals surface area contributed by atoms with Crippen LogP contribution in [0, 0.1) is 13.8 Å². The highest BCUT2D eigenvalue weighted by molar-refractivity contribution is 8.07. The highest BCUT2D eigenvalue weighted by Crippen LogP contribution is 2.31. The molecular formula is C60H65ClF2N10O7S3. The molecule has 4 N–H and O–H groups in total. The summed E-state index contributed by atoms with van der Waals surface area (Å²) in [6.07, 6.45) is 9.70. The predicted molar refractivity (Wildman–Crippen MR) is 328 cm³/mol. The van der Waals surface area contributed by atoms with Crippen molar-refractivity contribution >= 4 is 105 Å². The number of fused-ring (bicyclic) bond motifs is 2. The zero-order valence-electron chi connectivity index (χ0n) is 46.1. The average molecular weight is 1210 g/mol. The number of halogens is 3. The molecule has 0 radical (unpaired) electrons. The van der Waals surface area contributed by atoms with Gasteiger partial charge in [-0.2, -0.15) is 13.5 Å². The maximum Gasteiger partial charge on any atom is 0.323 e. The minimum atomic E-state index is -1.27. The van der Waals surface area contributed by atoms with Crippen LogP contribution in [0.1, 0.15) is 70.2 Å². The van der Waals surface area contributed by atoms with Gasteiger partial charge >= 0.3 is 5.97 Å². The zero-order valence-corrected chi connectivity index (χ0v) is 49.5. The van der Waals surface area contributed by atoms with Gasteiger partial charge in [-0.1, -0.05) is 72.8 Å². The number of likely N-dealkylation sites (tertiary alicyclic amines) is 1. The molecule has 0 spiro atoms. The molecule has 4 aromatic heterocycles. The standard InChI is InChI=1S/C30H30FN5O3.C17H15N3O3.C13H17FN2O.ClH.S2.H2S/c1-19(37)26-17-35(27-9-8-22(12-25(26)27)23-14-33-20(2)34-15-23)18-29(38)36-16-24(31)13-28(36)30(39)32-11-10-21-6-4-3-5-7-21;1-10(21)15-8-20(9-17(22)23)16-4-3-12(5-14(15)16)13-6-18-11(2)19-7-13;14-11-8-12(16-9-11)13(17)15-7-6-10-4-2-1-3-5-10;;1-2;/h3-9,12,14-15,17,24,28H,10-11,13,16,18H2,1-2H3,(H,32,39);3-8H,9H2,1-2H3,(H,22,23);1-5,11-12,16H,6-9H2,(H,15,17);1H;;1H2/t24-,28+;;11-,12+;;;/m1.1.../s1. The van der Waals surface area contributed by atoms with Crippen molar-refractivity contribution < 1.29 is 42.7 Å². The first-order chi connectivity index (χ1) is 39.0. The van der Waals surface area contributed by atoms with Gasteiger partial charge in [0.25, 0.3) is 0 Å². The number of aryl methyl sites for hydroxylation is 2. The number of ketones is 2. The molecular weight excluding hydrogens is 1140 g/mol. The van der Waals surface area contributed by atoms with Crippen molar-refractivity contribution in [2.75, 3.05) is 26.2 Å². The van der Waals surface area contributed by atoms with E-state index in [1.54, 1.807) is 46.3 Å². The molecule has 4 atom stereocenters. The number of amides is 3. The summed E-state index contributed by atoms with van der Waals surface area (Å²) in [5.74, 6) is -0.663. The lowest BCUT2D eigenvalue weighted by atomic mass is 10.0. The third-order valence-corrected chi connectivity index (χ3v) is 13.7. The van der Waals surface area contributed by atoms with E-state index in [1.807, 2.05) is 111 Å². The highest BCUT2D eigenvalue weighted by Gasteiger charge is 2.40. The summed E-state index contributed by atoms with van der Waals surface area (Å²) in [5, 5.41) is 19.0. The first-order valence-electron chi connectivity index (χ1n) is 26.2. The number of carboxylic acids is 1. The number of carbonyl (C=O) groups is 6. The maximum absolute atomic E-state index is 14.4. The molecule has 23 heteroatoms. The number of aromatic nitrogens is 6. The molecule has 0 bridgehead atoms. The molecule has 2 fully saturated rings. The lowest BCUT2D eigenvalue weighted by Gasteiger charge is -2.24. The van der Waals surface area contributed by atoms with Crippen LogP contribution in [0.15, 0.2) is 134 Å². The first-order valence-corrected chi connectivity index (χ1v) is 27.5. The molecule has 0 aliphatic carbocycles. The van der Waals surface area contributed by atoms with Gasteiger partial charge in [-0.05, 0) is 87.1 Å². The Morgan fingerprint density at radius 3 is 1.49 bits per heavy atom. The number of carboxylic acid groups (broad SMARTS) is 1. The lowest BCUT2D eigenvalue weighted by molar-refractivity contribution is -0.138. The SMILES string of the molecule is CC(=O)c1cn(CC(=O)N2C[C@H](F)C[C@H]2C(=O)NCCc2ccccc2)c2ccc(-c3cnc(C)nc3)cc12.CC(=O)c1cn(CC(=O)O)c2ccc(-c3cnc(C)nc3)cc12.Cl.O=C(NCCc1ccccc1)[C@@H]1C[C@@H](F)CN1.S.S=S. The lowest BCUT2D eigenvalue weighted by Crippen LogP contribution is -2.47. The summed E-state index contributed by atoms with van der Waals surface area (Å²) >= 11 is 7.33. The monoisotopic (exact) mass is 1210 g/mol. The molecule has 0 saturated carbocycles. The van der Waals surface area contributed by atoms with Crippen molar-refractivity contribution in [3.8, 4) is 22.3 Å². The second-order valence-electron chi connectivity index (χ2n) is 19.6. The number of hydrogen-bond donors (Lipinski definition) is 4. The van der Waals surface area contributed by atoms with Crippen molar-refractivity contribution in [2.24, 2.45) is 0 Å². The van der Waals surface area contributed by atoms with E-state index < -0.39 is 24.4 Å². The summed E-state index contributed by atoms with van der Waals surface area (Å²) in [6.45, 7) is 7.43. The van der Waals surface area contributed by atoms with E-state index in [2.05, 4.69) is 58.3 Å². The Bertz CT molecular complexity index is 3510. The molecule has 6 heterocycles. The van der Waals surface area contributed by atoms with Crippen LogP contribution in [0.25, 0.3) is 44.1 Å². The van der Waals surface area contributed by atoms with Gasteiger partial charge in [0.05, 0.1) is 12.6 Å². The number of alkyl halides is 2. The number of carbonyl (C=O) groups excluding carboxylic acids is 5. The van der Waals surface area contributed by atoms with Crippen LogP contribution in [-0.2, 0) is 67.5 Å². The molecule has 3 amide bonds. The van der Waals surface area contributed by atoms with Crippen LogP contribution in [0.3, 0.4) is 0 Å². The topological polar surface area (TPSA) is 223 Å².